The fraction of sp³-hybridized carbons (Fsp3) is 0.385. The van der Waals surface area contributed by atoms with Crippen LogP contribution < -0.4 is 4.90 Å². The summed E-state index contributed by atoms with van der Waals surface area (Å²) < 4.78 is 0. The van der Waals surface area contributed by atoms with Gasteiger partial charge in [-0.25, -0.2) is 9.78 Å². The Morgan fingerprint density at radius 3 is 2.56 bits per heavy atom. The number of carboxylic acids is 1. The fourth-order valence-electron chi connectivity index (χ4n) is 1.35. The van der Waals surface area contributed by atoms with Gasteiger partial charge in [0, 0.05) is 32.4 Å². The van der Waals surface area contributed by atoms with Crippen molar-refractivity contribution in [2.45, 2.75) is 0 Å². The van der Waals surface area contributed by atoms with Crippen LogP contribution in [0.2, 0.25) is 0 Å². The van der Waals surface area contributed by atoms with Crippen molar-refractivity contribution in [3.05, 3.63) is 30.0 Å². The summed E-state index contributed by atoms with van der Waals surface area (Å²) in [6.45, 7) is 1.85. The number of likely N-dealkylation sites (N-methyl/N-ethyl adjacent to an activating group) is 2. The lowest BCUT2D eigenvalue weighted by atomic mass is 10.2. The maximum atomic E-state index is 10.4. The molecule has 0 saturated heterocycles. The summed E-state index contributed by atoms with van der Waals surface area (Å²) in [7, 11) is 6.04. The second-order valence-corrected chi connectivity index (χ2v) is 4.35. The van der Waals surface area contributed by atoms with Gasteiger partial charge in [-0.05, 0) is 37.9 Å². The predicted octanol–water partition coefficient (Wildman–Crippen LogP) is 1.18. The van der Waals surface area contributed by atoms with E-state index in [-0.39, 0.29) is 0 Å². The smallest absolute Gasteiger partial charge is 0.328 e. The van der Waals surface area contributed by atoms with Crippen LogP contribution in [0.5, 0.6) is 0 Å². The van der Waals surface area contributed by atoms with Gasteiger partial charge in [0.05, 0.1) is 0 Å². The van der Waals surface area contributed by atoms with E-state index in [1.807, 2.05) is 33.3 Å². The van der Waals surface area contributed by atoms with Crippen LogP contribution in [0.3, 0.4) is 0 Å². The average Bonchev–Trinajstić information content (AvgIpc) is 2.34. The highest BCUT2D eigenvalue weighted by molar-refractivity contribution is 5.85. The summed E-state index contributed by atoms with van der Waals surface area (Å²) in [4.78, 5) is 18.8. The Labute approximate surface area is 107 Å². The van der Waals surface area contributed by atoms with Crippen molar-refractivity contribution in [1.82, 2.24) is 9.88 Å². The summed E-state index contributed by atoms with van der Waals surface area (Å²) in [5, 5.41) is 8.52. The Hall–Kier alpha value is -1.88. The van der Waals surface area contributed by atoms with Crippen molar-refractivity contribution in [3.8, 4) is 0 Å². The monoisotopic (exact) mass is 249 g/mol. The third kappa shape index (κ3) is 4.97. The van der Waals surface area contributed by atoms with Crippen LogP contribution in [0, 0.1) is 0 Å². The molecule has 0 radical (unpaired) electrons. The van der Waals surface area contributed by atoms with Crippen LogP contribution in [0.15, 0.2) is 24.4 Å². The van der Waals surface area contributed by atoms with Gasteiger partial charge in [0.1, 0.15) is 5.82 Å². The molecule has 0 aliphatic carbocycles. The Morgan fingerprint density at radius 2 is 2.06 bits per heavy atom. The molecule has 0 fully saturated rings. The summed E-state index contributed by atoms with van der Waals surface area (Å²) in [5.74, 6) is -0.0773. The van der Waals surface area contributed by atoms with Gasteiger partial charge in [0.2, 0.25) is 0 Å². The first kappa shape index (κ1) is 14.2. The molecule has 0 spiro atoms. The van der Waals surface area contributed by atoms with Gasteiger partial charge < -0.3 is 14.9 Å². The first-order valence-corrected chi connectivity index (χ1v) is 5.72. The second-order valence-electron chi connectivity index (χ2n) is 4.35. The van der Waals surface area contributed by atoms with Crippen LogP contribution in [-0.2, 0) is 4.79 Å². The second kappa shape index (κ2) is 6.76. The van der Waals surface area contributed by atoms with Crippen molar-refractivity contribution in [2.75, 3.05) is 39.1 Å². The topological polar surface area (TPSA) is 56.7 Å². The van der Waals surface area contributed by atoms with E-state index in [1.165, 1.54) is 6.08 Å². The molecular formula is C13H19N3O2. The number of anilines is 1. The molecule has 1 heterocycles. The molecule has 1 rings (SSSR count). The highest BCUT2D eigenvalue weighted by Gasteiger charge is 2.02. The SMILES string of the molecule is CN(C)CCN(C)c1ccc(/C=C/C(=O)O)cn1. The Kier molecular flexibility index (Phi) is 5.32. The molecule has 5 nitrogen and oxygen atoms in total. The lowest BCUT2D eigenvalue weighted by Crippen LogP contribution is -2.28. The molecule has 0 saturated carbocycles. The van der Waals surface area contributed by atoms with Crippen LogP contribution in [0.4, 0.5) is 5.82 Å². The number of pyridine rings is 1. The predicted molar refractivity (Wildman–Crippen MR) is 72.7 cm³/mol. The highest BCUT2D eigenvalue weighted by atomic mass is 16.4. The van der Waals surface area contributed by atoms with Crippen LogP contribution in [0.25, 0.3) is 6.08 Å². The zero-order chi connectivity index (χ0) is 13.5. The quantitative estimate of drug-likeness (QED) is 0.767. The number of carboxylic acid groups (broad SMARTS) is 1. The fourth-order valence-corrected chi connectivity index (χ4v) is 1.35. The average molecular weight is 249 g/mol. The van der Waals surface area contributed by atoms with E-state index in [0.717, 1.165) is 30.5 Å². The lowest BCUT2D eigenvalue weighted by Gasteiger charge is -2.20. The van der Waals surface area contributed by atoms with E-state index in [0.29, 0.717) is 0 Å². The number of aliphatic carboxylic acids is 1. The summed E-state index contributed by atoms with van der Waals surface area (Å²) in [5.41, 5.74) is 0.780. The third-order valence-electron chi connectivity index (χ3n) is 2.46. The maximum absolute atomic E-state index is 10.4. The van der Waals surface area contributed by atoms with Gasteiger partial charge in [0.25, 0.3) is 0 Å². The molecule has 1 aromatic rings. The largest absolute Gasteiger partial charge is 0.478 e. The Balaban J connectivity index is 2.61. The minimum atomic E-state index is -0.956. The van der Waals surface area contributed by atoms with Crippen molar-refractivity contribution >= 4 is 17.9 Å². The van der Waals surface area contributed by atoms with Gasteiger partial charge in [-0.1, -0.05) is 0 Å². The van der Waals surface area contributed by atoms with Gasteiger partial charge >= 0.3 is 5.97 Å². The molecule has 98 valence electrons. The van der Waals surface area contributed by atoms with Crippen LogP contribution in [-0.4, -0.2) is 55.2 Å². The molecule has 18 heavy (non-hydrogen) atoms. The molecule has 1 aromatic heterocycles. The zero-order valence-electron chi connectivity index (χ0n) is 11.0. The van der Waals surface area contributed by atoms with E-state index in [1.54, 1.807) is 6.20 Å². The molecule has 0 aliphatic rings. The Bertz CT molecular complexity index is 413. The number of rotatable bonds is 6. The zero-order valence-corrected chi connectivity index (χ0v) is 11.0. The maximum Gasteiger partial charge on any atom is 0.328 e. The van der Waals surface area contributed by atoms with E-state index >= 15 is 0 Å². The number of nitrogens with zero attached hydrogens (tertiary/aromatic N) is 3. The number of hydrogen-bond acceptors (Lipinski definition) is 4. The van der Waals surface area contributed by atoms with E-state index in [2.05, 4.69) is 14.8 Å². The third-order valence-corrected chi connectivity index (χ3v) is 2.46. The minimum Gasteiger partial charge on any atom is -0.478 e. The first-order valence-electron chi connectivity index (χ1n) is 5.72. The molecule has 0 unspecified atom stereocenters. The van der Waals surface area contributed by atoms with E-state index in [9.17, 15) is 4.79 Å². The van der Waals surface area contributed by atoms with Crippen molar-refractivity contribution < 1.29 is 9.90 Å². The lowest BCUT2D eigenvalue weighted by molar-refractivity contribution is -0.131. The van der Waals surface area contributed by atoms with Crippen LogP contribution >= 0.6 is 0 Å². The van der Waals surface area contributed by atoms with E-state index in [4.69, 9.17) is 5.11 Å². The molecule has 0 bridgehead atoms. The molecule has 0 aliphatic heterocycles. The summed E-state index contributed by atoms with van der Waals surface area (Å²) in [6.07, 6.45) is 4.30. The number of aromatic nitrogens is 1. The van der Waals surface area contributed by atoms with Gasteiger partial charge in [-0.3, -0.25) is 0 Å². The molecule has 1 N–H and O–H groups in total. The minimum absolute atomic E-state index is 0.780. The van der Waals surface area contributed by atoms with E-state index < -0.39 is 5.97 Å². The van der Waals surface area contributed by atoms with Crippen molar-refractivity contribution in [3.63, 3.8) is 0 Å². The molecule has 0 aromatic carbocycles. The van der Waals surface area contributed by atoms with Gasteiger partial charge in [0.15, 0.2) is 0 Å². The van der Waals surface area contributed by atoms with Gasteiger partial charge in [-0.15, -0.1) is 0 Å². The summed E-state index contributed by atoms with van der Waals surface area (Å²) >= 11 is 0. The highest BCUT2D eigenvalue weighted by Crippen LogP contribution is 2.10. The van der Waals surface area contributed by atoms with Gasteiger partial charge in [-0.2, -0.15) is 0 Å². The molecular weight excluding hydrogens is 230 g/mol. The first-order chi connectivity index (χ1) is 8.49. The summed E-state index contributed by atoms with van der Waals surface area (Å²) in [6, 6.07) is 3.74. The molecule has 0 amide bonds. The van der Waals surface area contributed by atoms with Crippen molar-refractivity contribution in [2.24, 2.45) is 0 Å². The number of carbonyl (C=O) groups is 1. The van der Waals surface area contributed by atoms with Crippen molar-refractivity contribution in [1.29, 1.82) is 0 Å². The van der Waals surface area contributed by atoms with Crippen LogP contribution in [0.1, 0.15) is 5.56 Å². The number of hydrogen-bond donors (Lipinski definition) is 1. The molecule has 5 heteroatoms. The molecule has 0 atom stereocenters. The Morgan fingerprint density at radius 1 is 1.33 bits per heavy atom. The standard InChI is InChI=1S/C13H19N3O2/c1-15(2)8-9-16(3)12-6-4-11(10-14-12)5-7-13(17)18/h4-7,10H,8-9H2,1-3H3,(H,17,18)/b7-5+. The normalized spacial score (nSPS) is 11.1.